The SMILES string of the molecule is CCOC(=O)c1cnc(SCC(=O)NCc2ccc(OCc3ccccc3)c(OC)c2)nc1N. The second-order valence-corrected chi connectivity index (χ2v) is 7.94. The topological polar surface area (TPSA) is 126 Å². The lowest BCUT2D eigenvalue weighted by molar-refractivity contribution is -0.118. The predicted molar refractivity (Wildman–Crippen MR) is 129 cm³/mol. The van der Waals surface area contributed by atoms with Crippen molar-refractivity contribution in [2.45, 2.75) is 25.2 Å². The van der Waals surface area contributed by atoms with Crippen LogP contribution in [0.4, 0.5) is 5.82 Å². The zero-order valence-electron chi connectivity index (χ0n) is 18.9. The third-order valence-electron chi connectivity index (χ3n) is 4.58. The maximum atomic E-state index is 12.3. The average molecular weight is 483 g/mol. The number of benzene rings is 2. The number of nitrogens with two attached hydrogens (primary N) is 1. The van der Waals surface area contributed by atoms with E-state index in [2.05, 4.69) is 15.3 Å². The molecule has 0 spiro atoms. The Morgan fingerprint density at radius 1 is 1.09 bits per heavy atom. The van der Waals surface area contributed by atoms with Crippen LogP contribution in [0.3, 0.4) is 0 Å². The van der Waals surface area contributed by atoms with Crippen molar-refractivity contribution < 1.29 is 23.8 Å². The van der Waals surface area contributed by atoms with E-state index in [9.17, 15) is 9.59 Å². The van der Waals surface area contributed by atoms with Crippen molar-refractivity contribution in [1.82, 2.24) is 15.3 Å². The van der Waals surface area contributed by atoms with Crippen LogP contribution in [0, 0.1) is 0 Å². The fraction of sp³-hybridized carbons (Fsp3) is 0.250. The highest BCUT2D eigenvalue weighted by molar-refractivity contribution is 7.99. The predicted octanol–water partition coefficient (Wildman–Crippen LogP) is 3.23. The van der Waals surface area contributed by atoms with Gasteiger partial charge in [0.25, 0.3) is 0 Å². The van der Waals surface area contributed by atoms with Crippen molar-refractivity contribution in [2.75, 3.05) is 25.2 Å². The number of aromatic nitrogens is 2. The van der Waals surface area contributed by atoms with Crippen LogP contribution < -0.4 is 20.5 Å². The first kappa shape index (κ1) is 24.8. The number of hydrogen-bond acceptors (Lipinski definition) is 9. The highest BCUT2D eigenvalue weighted by Crippen LogP contribution is 2.29. The van der Waals surface area contributed by atoms with Crippen LogP contribution in [0.2, 0.25) is 0 Å². The van der Waals surface area contributed by atoms with E-state index >= 15 is 0 Å². The molecule has 10 heteroatoms. The molecule has 0 aliphatic rings. The Bertz CT molecular complexity index is 1130. The molecule has 2 aromatic carbocycles. The number of rotatable bonds is 11. The minimum atomic E-state index is -0.582. The first-order valence-electron chi connectivity index (χ1n) is 10.5. The Labute approximate surface area is 202 Å². The number of esters is 1. The van der Waals surface area contributed by atoms with Gasteiger partial charge in [-0.05, 0) is 30.2 Å². The van der Waals surface area contributed by atoms with Gasteiger partial charge in [-0.25, -0.2) is 14.8 Å². The number of nitrogens with zero attached hydrogens (tertiary/aromatic N) is 2. The van der Waals surface area contributed by atoms with E-state index in [1.165, 1.54) is 6.20 Å². The van der Waals surface area contributed by atoms with Gasteiger partial charge in [0.2, 0.25) is 5.91 Å². The molecule has 0 fully saturated rings. The van der Waals surface area contributed by atoms with Gasteiger partial charge in [0.05, 0.1) is 19.5 Å². The second kappa shape index (κ2) is 12.4. The minimum Gasteiger partial charge on any atom is -0.493 e. The average Bonchev–Trinajstić information content (AvgIpc) is 2.86. The number of methoxy groups -OCH3 is 1. The highest BCUT2D eigenvalue weighted by Gasteiger charge is 2.14. The third-order valence-corrected chi connectivity index (χ3v) is 5.44. The van der Waals surface area contributed by atoms with Gasteiger partial charge in [0, 0.05) is 12.7 Å². The van der Waals surface area contributed by atoms with Gasteiger partial charge in [0.15, 0.2) is 16.7 Å². The number of nitrogens with one attached hydrogen (secondary N) is 1. The standard InChI is InChI=1S/C24H26N4O5S/c1-3-32-23(30)18-13-27-24(28-22(18)25)34-15-21(29)26-12-17-9-10-19(20(11-17)31-2)33-14-16-7-5-4-6-8-16/h4-11,13H,3,12,14-15H2,1-2H3,(H,26,29)(H2,25,27,28). The summed E-state index contributed by atoms with van der Waals surface area (Å²) in [6, 6.07) is 15.4. The van der Waals surface area contributed by atoms with E-state index in [-0.39, 0.29) is 29.6 Å². The summed E-state index contributed by atoms with van der Waals surface area (Å²) in [5.74, 6) is 0.526. The molecular weight excluding hydrogens is 456 g/mol. The molecular formula is C24H26N4O5S. The van der Waals surface area contributed by atoms with E-state index in [1.54, 1.807) is 14.0 Å². The van der Waals surface area contributed by atoms with Crippen LogP contribution in [0.15, 0.2) is 59.9 Å². The summed E-state index contributed by atoms with van der Waals surface area (Å²) < 4.78 is 16.2. The van der Waals surface area contributed by atoms with Crippen LogP contribution in [-0.4, -0.2) is 41.3 Å². The highest BCUT2D eigenvalue weighted by atomic mass is 32.2. The molecule has 0 unspecified atom stereocenters. The van der Waals surface area contributed by atoms with Crippen LogP contribution in [0.1, 0.15) is 28.4 Å². The number of hydrogen-bond donors (Lipinski definition) is 2. The quantitative estimate of drug-likeness (QED) is 0.241. The fourth-order valence-corrected chi connectivity index (χ4v) is 3.52. The number of anilines is 1. The molecule has 3 N–H and O–H groups in total. The number of carbonyl (C=O) groups excluding carboxylic acids is 2. The summed E-state index contributed by atoms with van der Waals surface area (Å²) in [4.78, 5) is 32.2. The van der Waals surface area contributed by atoms with Crippen molar-refractivity contribution in [3.05, 3.63) is 71.4 Å². The molecule has 3 aromatic rings. The molecule has 34 heavy (non-hydrogen) atoms. The molecule has 1 amide bonds. The summed E-state index contributed by atoms with van der Waals surface area (Å²) in [6.07, 6.45) is 1.30. The van der Waals surface area contributed by atoms with Crippen LogP contribution in [0.25, 0.3) is 0 Å². The van der Waals surface area contributed by atoms with Gasteiger partial charge < -0.3 is 25.3 Å². The zero-order valence-corrected chi connectivity index (χ0v) is 19.8. The van der Waals surface area contributed by atoms with Crippen LogP contribution in [-0.2, 0) is 22.7 Å². The summed E-state index contributed by atoms with van der Waals surface area (Å²) in [5.41, 5.74) is 7.82. The van der Waals surface area contributed by atoms with Gasteiger partial charge >= 0.3 is 5.97 Å². The smallest absolute Gasteiger partial charge is 0.343 e. The molecule has 0 radical (unpaired) electrons. The van der Waals surface area contributed by atoms with Crippen molar-refractivity contribution >= 4 is 29.5 Å². The van der Waals surface area contributed by atoms with Gasteiger partial charge in [-0.2, -0.15) is 0 Å². The molecule has 3 rings (SSSR count). The van der Waals surface area contributed by atoms with Crippen molar-refractivity contribution in [3.63, 3.8) is 0 Å². The minimum absolute atomic E-state index is 0.0121. The summed E-state index contributed by atoms with van der Waals surface area (Å²) in [5, 5.41) is 3.14. The van der Waals surface area contributed by atoms with E-state index in [0.29, 0.717) is 29.8 Å². The van der Waals surface area contributed by atoms with Gasteiger partial charge in [-0.15, -0.1) is 0 Å². The Morgan fingerprint density at radius 3 is 2.59 bits per heavy atom. The first-order valence-corrected chi connectivity index (χ1v) is 11.5. The second-order valence-electron chi connectivity index (χ2n) is 7.00. The molecule has 1 aromatic heterocycles. The van der Waals surface area contributed by atoms with Gasteiger partial charge in [-0.1, -0.05) is 48.2 Å². The summed E-state index contributed by atoms with van der Waals surface area (Å²) in [6.45, 7) is 2.67. The lowest BCUT2D eigenvalue weighted by Crippen LogP contribution is -2.24. The Hall–Kier alpha value is -3.79. The van der Waals surface area contributed by atoms with Crippen LogP contribution >= 0.6 is 11.8 Å². The third kappa shape index (κ3) is 7.11. The molecule has 0 aliphatic carbocycles. The van der Waals surface area contributed by atoms with E-state index in [4.69, 9.17) is 19.9 Å². The zero-order chi connectivity index (χ0) is 24.3. The Balaban J connectivity index is 1.49. The van der Waals surface area contributed by atoms with Gasteiger partial charge in [-0.3, -0.25) is 4.79 Å². The monoisotopic (exact) mass is 482 g/mol. The molecule has 0 aliphatic heterocycles. The first-order chi connectivity index (χ1) is 16.5. The normalized spacial score (nSPS) is 10.4. The lowest BCUT2D eigenvalue weighted by Gasteiger charge is -2.13. The summed E-state index contributed by atoms with van der Waals surface area (Å²) in [7, 11) is 1.57. The van der Waals surface area contributed by atoms with E-state index in [0.717, 1.165) is 22.9 Å². The molecule has 0 saturated carbocycles. The molecule has 9 nitrogen and oxygen atoms in total. The maximum Gasteiger partial charge on any atom is 0.343 e. The molecule has 178 valence electrons. The number of ether oxygens (including phenoxy) is 3. The van der Waals surface area contributed by atoms with E-state index in [1.807, 2.05) is 48.5 Å². The molecule has 1 heterocycles. The Kier molecular flexibility index (Phi) is 9.10. The van der Waals surface area contributed by atoms with Crippen molar-refractivity contribution in [2.24, 2.45) is 0 Å². The lowest BCUT2D eigenvalue weighted by atomic mass is 10.2. The number of nitrogen functional groups attached to an aromatic ring is 1. The number of thioether (sulfide) groups is 1. The number of amides is 1. The molecule has 0 bridgehead atoms. The van der Waals surface area contributed by atoms with Crippen molar-refractivity contribution in [3.8, 4) is 11.5 Å². The van der Waals surface area contributed by atoms with Crippen LogP contribution in [0.5, 0.6) is 11.5 Å². The molecule has 0 saturated heterocycles. The summed E-state index contributed by atoms with van der Waals surface area (Å²) >= 11 is 1.12. The fourth-order valence-electron chi connectivity index (χ4n) is 2.87. The molecule has 0 atom stereocenters. The largest absolute Gasteiger partial charge is 0.493 e. The van der Waals surface area contributed by atoms with Crippen molar-refractivity contribution in [1.29, 1.82) is 0 Å². The maximum absolute atomic E-state index is 12.3. The number of carbonyl (C=O) groups is 2. The van der Waals surface area contributed by atoms with Gasteiger partial charge in [0.1, 0.15) is 18.0 Å². The van der Waals surface area contributed by atoms with E-state index < -0.39 is 5.97 Å². The Morgan fingerprint density at radius 2 is 1.88 bits per heavy atom.